The van der Waals surface area contributed by atoms with Crippen molar-refractivity contribution in [3.63, 3.8) is 0 Å². The van der Waals surface area contributed by atoms with Crippen LogP contribution in [-0.2, 0) is 11.3 Å². The first-order valence-corrected chi connectivity index (χ1v) is 6.11. The highest BCUT2D eigenvalue weighted by Gasteiger charge is 2.13. The van der Waals surface area contributed by atoms with Gasteiger partial charge in [0.05, 0.1) is 20.8 Å². The molecule has 0 heterocycles. The van der Waals surface area contributed by atoms with Gasteiger partial charge in [0.25, 0.3) is 0 Å². The predicted octanol–water partition coefficient (Wildman–Crippen LogP) is -0.0515. The van der Waals surface area contributed by atoms with E-state index in [4.69, 9.17) is 19.7 Å². The highest BCUT2D eigenvalue weighted by atomic mass is 16.5. The fourth-order valence-electron chi connectivity index (χ4n) is 1.51. The van der Waals surface area contributed by atoms with Crippen molar-refractivity contribution in [1.29, 1.82) is 0 Å². The van der Waals surface area contributed by atoms with Crippen LogP contribution in [0.4, 0.5) is 4.79 Å². The number of aliphatic carboxylic acids is 1. The minimum Gasteiger partial charge on any atom is -0.493 e. The minimum absolute atomic E-state index is 0.218. The SMILES string of the molecule is COc1ccc(CNC(=O)NC[C@H](O)C(=O)O)cc1OC. The van der Waals surface area contributed by atoms with Crippen LogP contribution in [-0.4, -0.2) is 49.1 Å². The van der Waals surface area contributed by atoms with Crippen molar-refractivity contribution in [3.8, 4) is 11.5 Å². The first-order valence-electron chi connectivity index (χ1n) is 6.11. The normalized spacial score (nSPS) is 11.4. The number of hydrogen-bond donors (Lipinski definition) is 4. The van der Waals surface area contributed by atoms with Gasteiger partial charge in [-0.15, -0.1) is 0 Å². The molecule has 0 aliphatic carbocycles. The Kier molecular flexibility index (Phi) is 6.28. The molecule has 0 aromatic heterocycles. The molecule has 1 rings (SSSR count). The molecule has 1 atom stereocenters. The van der Waals surface area contributed by atoms with Crippen molar-refractivity contribution in [1.82, 2.24) is 10.6 Å². The van der Waals surface area contributed by atoms with E-state index in [0.29, 0.717) is 11.5 Å². The monoisotopic (exact) mass is 298 g/mol. The number of benzene rings is 1. The molecule has 116 valence electrons. The number of nitrogens with one attached hydrogen (secondary N) is 2. The Balaban J connectivity index is 2.48. The van der Waals surface area contributed by atoms with Crippen LogP contribution in [0.15, 0.2) is 18.2 Å². The first-order chi connectivity index (χ1) is 9.97. The maximum Gasteiger partial charge on any atom is 0.334 e. The van der Waals surface area contributed by atoms with E-state index in [2.05, 4.69) is 10.6 Å². The van der Waals surface area contributed by atoms with E-state index >= 15 is 0 Å². The quantitative estimate of drug-likeness (QED) is 0.560. The average molecular weight is 298 g/mol. The van der Waals surface area contributed by atoms with E-state index in [0.717, 1.165) is 5.56 Å². The van der Waals surface area contributed by atoms with Gasteiger partial charge >= 0.3 is 12.0 Å². The Morgan fingerprint density at radius 3 is 2.43 bits per heavy atom. The zero-order valence-electron chi connectivity index (χ0n) is 11.8. The summed E-state index contributed by atoms with van der Waals surface area (Å²) in [5.74, 6) is -0.274. The molecule has 8 nitrogen and oxygen atoms in total. The molecule has 0 spiro atoms. The molecule has 0 bridgehead atoms. The van der Waals surface area contributed by atoms with Crippen LogP contribution in [0.2, 0.25) is 0 Å². The van der Waals surface area contributed by atoms with Gasteiger partial charge in [0, 0.05) is 6.54 Å². The Morgan fingerprint density at radius 2 is 1.86 bits per heavy atom. The van der Waals surface area contributed by atoms with Crippen molar-refractivity contribution in [2.24, 2.45) is 0 Å². The zero-order chi connectivity index (χ0) is 15.8. The number of urea groups is 1. The van der Waals surface area contributed by atoms with Crippen LogP contribution < -0.4 is 20.1 Å². The molecular formula is C13H18N2O6. The maximum atomic E-state index is 11.4. The second-order valence-corrected chi connectivity index (χ2v) is 4.11. The van der Waals surface area contributed by atoms with Gasteiger partial charge in [-0.1, -0.05) is 6.07 Å². The maximum absolute atomic E-state index is 11.4. The van der Waals surface area contributed by atoms with Crippen LogP contribution in [0.5, 0.6) is 11.5 Å². The van der Waals surface area contributed by atoms with Crippen LogP contribution in [0, 0.1) is 0 Å². The third kappa shape index (κ3) is 5.19. The molecule has 0 radical (unpaired) electrons. The largest absolute Gasteiger partial charge is 0.493 e. The number of carboxylic acid groups (broad SMARTS) is 1. The van der Waals surface area contributed by atoms with Crippen LogP contribution in [0.3, 0.4) is 0 Å². The second-order valence-electron chi connectivity index (χ2n) is 4.11. The molecule has 0 fully saturated rings. The third-order valence-electron chi connectivity index (χ3n) is 2.64. The van der Waals surface area contributed by atoms with Crippen LogP contribution >= 0.6 is 0 Å². The molecule has 0 saturated heterocycles. The molecule has 0 aliphatic rings. The summed E-state index contributed by atoms with van der Waals surface area (Å²) in [4.78, 5) is 21.8. The predicted molar refractivity (Wildman–Crippen MR) is 73.4 cm³/mol. The molecule has 0 saturated carbocycles. The van der Waals surface area contributed by atoms with Crippen molar-refractivity contribution in [2.45, 2.75) is 12.6 Å². The number of methoxy groups -OCH3 is 2. The number of hydrogen-bond acceptors (Lipinski definition) is 5. The number of carbonyl (C=O) groups is 2. The van der Waals surface area contributed by atoms with Crippen molar-refractivity contribution < 1.29 is 29.3 Å². The van der Waals surface area contributed by atoms with E-state index in [1.165, 1.54) is 14.2 Å². The van der Waals surface area contributed by atoms with E-state index < -0.39 is 18.1 Å². The molecule has 2 amide bonds. The lowest BCUT2D eigenvalue weighted by Gasteiger charge is -2.11. The molecule has 21 heavy (non-hydrogen) atoms. The Labute approximate surface area is 121 Å². The summed E-state index contributed by atoms with van der Waals surface area (Å²) in [6.45, 7) is -0.150. The minimum atomic E-state index is -1.63. The molecule has 0 aliphatic heterocycles. The first kappa shape index (κ1) is 16.6. The molecular weight excluding hydrogens is 280 g/mol. The number of carbonyl (C=O) groups excluding carboxylic acids is 1. The third-order valence-corrected chi connectivity index (χ3v) is 2.64. The van der Waals surface area contributed by atoms with Gasteiger partial charge in [0.1, 0.15) is 0 Å². The molecule has 1 aromatic rings. The number of aliphatic hydroxyl groups excluding tert-OH is 1. The Morgan fingerprint density at radius 1 is 1.19 bits per heavy atom. The molecule has 1 aromatic carbocycles. The van der Waals surface area contributed by atoms with Gasteiger partial charge in [-0.25, -0.2) is 9.59 Å². The van der Waals surface area contributed by atoms with Crippen molar-refractivity contribution in [2.75, 3.05) is 20.8 Å². The lowest BCUT2D eigenvalue weighted by atomic mass is 10.2. The van der Waals surface area contributed by atoms with Gasteiger partial charge in [-0.2, -0.15) is 0 Å². The topological polar surface area (TPSA) is 117 Å². The van der Waals surface area contributed by atoms with E-state index in [-0.39, 0.29) is 13.1 Å². The highest BCUT2D eigenvalue weighted by Crippen LogP contribution is 2.27. The average Bonchev–Trinajstić information content (AvgIpc) is 2.49. The van der Waals surface area contributed by atoms with Gasteiger partial charge in [-0.05, 0) is 17.7 Å². The van der Waals surface area contributed by atoms with Gasteiger partial charge < -0.3 is 30.3 Å². The molecule has 0 unspecified atom stereocenters. The lowest BCUT2D eigenvalue weighted by molar-refractivity contribution is -0.146. The summed E-state index contributed by atoms with van der Waals surface area (Å²) in [5, 5.41) is 22.3. The summed E-state index contributed by atoms with van der Waals surface area (Å²) in [7, 11) is 3.03. The van der Waals surface area contributed by atoms with Crippen LogP contribution in [0.1, 0.15) is 5.56 Å². The number of ether oxygens (including phenoxy) is 2. The summed E-state index contributed by atoms with van der Waals surface area (Å²) in [5.41, 5.74) is 0.779. The van der Waals surface area contributed by atoms with E-state index in [1.54, 1.807) is 18.2 Å². The lowest BCUT2D eigenvalue weighted by Crippen LogP contribution is -2.41. The fraction of sp³-hybridized carbons (Fsp3) is 0.385. The number of rotatable bonds is 7. The number of carboxylic acids is 1. The second kappa shape index (κ2) is 7.95. The Bertz CT molecular complexity index is 505. The summed E-state index contributed by atoms with van der Waals surface area (Å²) >= 11 is 0. The summed E-state index contributed by atoms with van der Waals surface area (Å²) in [6, 6.07) is 4.60. The smallest absolute Gasteiger partial charge is 0.334 e. The van der Waals surface area contributed by atoms with Gasteiger partial charge in [0.15, 0.2) is 17.6 Å². The number of amides is 2. The fourth-order valence-corrected chi connectivity index (χ4v) is 1.51. The standard InChI is InChI=1S/C13H18N2O6/c1-20-10-4-3-8(5-11(10)21-2)6-14-13(19)15-7-9(16)12(17)18/h3-5,9,16H,6-7H2,1-2H3,(H,17,18)(H2,14,15,19)/t9-/m0/s1. The van der Waals surface area contributed by atoms with E-state index in [9.17, 15) is 9.59 Å². The summed E-state index contributed by atoms with van der Waals surface area (Å²) in [6.07, 6.45) is -1.63. The van der Waals surface area contributed by atoms with Crippen molar-refractivity contribution >= 4 is 12.0 Å². The van der Waals surface area contributed by atoms with Gasteiger partial charge in [-0.3, -0.25) is 0 Å². The summed E-state index contributed by atoms with van der Waals surface area (Å²) < 4.78 is 10.2. The van der Waals surface area contributed by atoms with E-state index in [1.807, 2.05) is 0 Å². The Hall–Kier alpha value is -2.48. The van der Waals surface area contributed by atoms with Crippen molar-refractivity contribution in [3.05, 3.63) is 23.8 Å². The van der Waals surface area contributed by atoms with Crippen LogP contribution in [0.25, 0.3) is 0 Å². The zero-order valence-corrected chi connectivity index (χ0v) is 11.8. The molecule has 4 N–H and O–H groups in total. The highest BCUT2D eigenvalue weighted by molar-refractivity contribution is 5.76. The molecule has 8 heteroatoms. The number of aliphatic hydroxyl groups is 1. The van der Waals surface area contributed by atoms with Gasteiger partial charge in [0.2, 0.25) is 0 Å².